The Labute approximate surface area is 132 Å². The van der Waals surface area contributed by atoms with E-state index in [1.165, 1.54) is 0 Å². The molecule has 0 bridgehead atoms. The van der Waals surface area contributed by atoms with Crippen molar-refractivity contribution in [1.82, 2.24) is 0 Å². The van der Waals surface area contributed by atoms with Crippen LogP contribution >= 0.6 is 39.9 Å². The summed E-state index contributed by atoms with van der Waals surface area (Å²) in [5, 5.41) is 2.80. The third kappa shape index (κ3) is 6.20. The molecule has 0 unspecified atom stereocenters. The Morgan fingerprint density at radius 1 is 1.44 bits per heavy atom. The van der Waals surface area contributed by atoms with Crippen molar-refractivity contribution in [2.24, 2.45) is 16.5 Å². The van der Waals surface area contributed by atoms with Crippen molar-refractivity contribution in [1.29, 1.82) is 0 Å². The van der Waals surface area contributed by atoms with Crippen LogP contribution < -0.4 is 16.8 Å². The van der Waals surface area contributed by atoms with Gasteiger partial charge in [0.05, 0.1) is 6.54 Å². The summed E-state index contributed by atoms with van der Waals surface area (Å²) in [5.74, 6) is -0.113. The van der Waals surface area contributed by atoms with Crippen LogP contribution in [0.5, 0.6) is 0 Å². The maximum atomic E-state index is 11.6. The van der Waals surface area contributed by atoms with Gasteiger partial charge in [0.2, 0.25) is 5.91 Å². The summed E-state index contributed by atoms with van der Waals surface area (Å²) >= 11 is 3.36. The molecule has 0 aromatic heterocycles. The Balaban J connectivity index is 0.00000289. The van der Waals surface area contributed by atoms with Gasteiger partial charge >= 0.3 is 0 Å². The van der Waals surface area contributed by atoms with E-state index in [0.29, 0.717) is 6.54 Å². The number of rotatable bonds is 4. The van der Waals surface area contributed by atoms with E-state index in [9.17, 15) is 4.79 Å². The third-order valence-electron chi connectivity index (χ3n) is 2.10. The van der Waals surface area contributed by atoms with Crippen molar-refractivity contribution < 1.29 is 4.79 Å². The lowest BCUT2D eigenvalue weighted by atomic mass is 10.2. The lowest BCUT2D eigenvalue weighted by Crippen LogP contribution is -2.23. The smallest absolute Gasteiger partial charge is 0.226 e. The minimum absolute atomic E-state index is 0. The van der Waals surface area contributed by atoms with Crippen LogP contribution in [-0.4, -0.2) is 18.4 Å². The molecule has 0 saturated carbocycles. The molecule has 0 aliphatic carbocycles. The van der Waals surface area contributed by atoms with E-state index in [4.69, 9.17) is 11.5 Å². The number of halogens is 2. The van der Waals surface area contributed by atoms with Crippen LogP contribution in [-0.2, 0) is 4.79 Å². The zero-order chi connectivity index (χ0) is 12.8. The van der Waals surface area contributed by atoms with Crippen LogP contribution in [0.3, 0.4) is 0 Å². The molecule has 1 aromatic carbocycles. The van der Waals surface area contributed by atoms with Gasteiger partial charge < -0.3 is 16.8 Å². The number of carbonyl (C=O) groups excluding carboxylic acids is 1. The molecule has 0 heterocycles. The van der Waals surface area contributed by atoms with Crippen molar-refractivity contribution in [2.45, 2.75) is 13.3 Å². The highest BCUT2D eigenvalue weighted by Gasteiger charge is 2.04. The molecule has 1 aromatic rings. The van der Waals surface area contributed by atoms with Crippen molar-refractivity contribution in [3.05, 3.63) is 28.2 Å². The van der Waals surface area contributed by atoms with E-state index in [2.05, 4.69) is 26.2 Å². The number of hydrogen-bond acceptors (Lipinski definition) is 2. The molecule has 0 radical (unpaired) electrons. The molecule has 0 aliphatic rings. The van der Waals surface area contributed by atoms with E-state index in [0.717, 1.165) is 15.7 Å². The quantitative estimate of drug-likeness (QED) is 0.390. The predicted octanol–water partition coefficient (Wildman–Crippen LogP) is 1.98. The molecule has 0 fully saturated rings. The van der Waals surface area contributed by atoms with Crippen LogP contribution in [0.15, 0.2) is 27.7 Å². The third-order valence-corrected chi connectivity index (χ3v) is 2.59. The lowest BCUT2D eigenvalue weighted by Gasteiger charge is -2.07. The van der Waals surface area contributed by atoms with Crippen LogP contribution in [0, 0.1) is 6.92 Å². The maximum absolute atomic E-state index is 11.6. The van der Waals surface area contributed by atoms with Gasteiger partial charge in [-0.3, -0.25) is 9.79 Å². The van der Waals surface area contributed by atoms with E-state index >= 15 is 0 Å². The number of aryl methyl sites for hydroxylation is 1. The van der Waals surface area contributed by atoms with E-state index in [-0.39, 0.29) is 42.3 Å². The van der Waals surface area contributed by atoms with Gasteiger partial charge in [-0.25, -0.2) is 0 Å². The minimum Gasteiger partial charge on any atom is -0.370 e. The summed E-state index contributed by atoms with van der Waals surface area (Å²) in [5.41, 5.74) is 12.1. The minimum atomic E-state index is -0.111. The standard InChI is InChI=1S/C11H15BrN4O.HI/c1-7-6-8(12)2-3-9(7)16-10(17)4-5-15-11(13)14;/h2-3,6H,4-5H2,1H3,(H,16,17)(H4,13,14,15);1H. The van der Waals surface area contributed by atoms with Crippen molar-refractivity contribution in [3.63, 3.8) is 0 Å². The number of hydrogen-bond donors (Lipinski definition) is 3. The molecule has 1 amide bonds. The molecule has 0 saturated heterocycles. The zero-order valence-corrected chi connectivity index (χ0v) is 13.9. The van der Waals surface area contributed by atoms with Crippen LogP contribution in [0.1, 0.15) is 12.0 Å². The fraction of sp³-hybridized carbons (Fsp3) is 0.273. The first-order valence-electron chi connectivity index (χ1n) is 5.10. The van der Waals surface area contributed by atoms with Crippen LogP contribution in [0.25, 0.3) is 0 Å². The summed E-state index contributed by atoms with van der Waals surface area (Å²) in [4.78, 5) is 15.3. The number of nitrogens with two attached hydrogens (primary N) is 2. The summed E-state index contributed by atoms with van der Waals surface area (Å²) < 4.78 is 0.980. The normalized spacial score (nSPS) is 9.22. The number of nitrogens with one attached hydrogen (secondary N) is 1. The van der Waals surface area contributed by atoms with Gasteiger partial charge in [0.25, 0.3) is 0 Å². The Bertz CT molecular complexity index is 447. The van der Waals surface area contributed by atoms with E-state index in [1.807, 2.05) is 25.1 Å². The molecule has 5 nitrogen and oxygen atoms in total. The van der Waals surface area contributed by atoms with Gasteiger partial charge in [0, 0.05) is 16.6 Å². The molecule has 0 atom stereocenters. The van der Waals surface area contributed by atoms with Gasteiger partial charge in [0.1, 0.15) is 0 Å². The highest BCUT2D eigenvalue weighted by atomic mass is 127. The monoisotopic (exact) mass is 426 g/mol. The summed E-state index contributed by atoms with van der Waals surface area (Å²) in [6.45, 7) is 2.22. The van der Waals surface area contributed by atoms with Gasteiger partial charge in [0.15, 0.2) is 5.96 Å². The fourth-order valence-electron chi connectivity index (χ4n) is 1.27. The second-order valence-electron chi connectivity index (χ2n) is 3.56. The topological polar surface area (TPSA) is 93.5 Å². The zero-order valence-electron chi connectivity index (χ0n) is 9.94. The molecule has 7 heteroatoms. The van der Waals surface area contributed by atoms with E-state index < -0.39 is 0 Å². The number of nitrogens with zero attached hydrogens (tertiary/aromatic N) is 1. The Morgan fingerprint density at radius 3 is 2.67 bits per heavy atom. The van der Waals surface area contributed by atoms with Gasteiger partial charge in [-0.15, -0.1) is 24.0 Å². The van der Waals surface area contributed by atoms with Gasteiger partial charge in [-0.2, -0.15) is 0 Å². The molecule has 0 aliphatic heterocycles. The first-order chi connectivity index (χ1) is 7.99. The van der Waals surface area contributed by atoms with Crippen molar-refractivity contribution >= 4 is 57.5 Å². The first-order valence-corrected chi connectivity index (χ1v) is 5.89. The number of aliphatic imine (C=N–C) groups is 1. The van der Waals surface area contributed by atoms with Crippen LogP contribution in [0.4, 0.5) is 5.69 Å². The summed E-state index contributed by atoms with van der Waals surface area (Å²) in [7, 11) is 0. The largest absolute Gasteiger partial charge is 0.370 e. The molecule has 1 rings (SSSR count). The molecule has 100 valence electrons. The summed E-state index contributed by atoms with van der Waals surface area (Å²) in [6.07, 6.45) is 0.257. The number of benzene rings is 1. The molecule has 18 heavy (non-hydrogen) atoms. The highest BCUT2D eigenvalue weighted by molar-refractivity contribution is 14.0. The SMILES string of the molecule is Cc1cc(Br)ccc1NC(=O)CCN=C(N)N.I. The van der Waals surface area contributed by atoms with Gasteiger partial charge in [-0.05, 0) is 30.7 Å². The highest BCUT2D eigenvalue weighted by Crippen LogP contribution is 2.19. The number of anilines is 1. The fourth-order valence-corrected chi connectivity index (χ4v) is 1.74. The van der Waals surface area contributed by atoms with Gasteiger partial charge in [-0.1, -0.05) is 15.9 Å². The van der Waals surface area contributed by atoms with Crippen molar-refractivity contribution in [3.8, 4) is 0 Å². The first kappa shape index (κ1) is 17.2. The average molecular weight is 427 g/mol. The number of carbonyl (C=O) groups is 1. The second kappa shape index (κ2) is 8.30. The van der Waals surface area contributed by atoms with Crippen LogP contribution in [0.2, 0.25) is 0 Å². The molecular formula is C11H16BrIN4O. The maximum Gasteiger partial charge on any atom is 0.226 e. The van der Waals surface area contributed by atoms with E-state index in [1.54, 1.807) is 0 Å². The predicted molar refractivity (Wildman–Crippen MR) is 88.2 cm³/mol. The average Bonchev–Trinajstić information content (AvgIpc) is 2.21. The second-order valence-corrected chi connectivity index (χ2v) is 4.48. The lowest BCUT2D eigenvalue weighted by molar-refractivity contribution is -0.116. The molecular weight excluding hydrogens is 411 g/mol. The molecule has 5 N–H and O–H groups in total. The Kier molecular flexibility index (Phi) is 7.92. The molecule has 0 spiro atoms. The van der Waals surface area contributed by atoms with Crippen molar-refractivity contribution in [2.75, 3.05) is 11.9 Å². The summed E-state index contributed by atoms with van der Waals surface area (Å²) in [6, 6.07) is 5.65. The number of guanidine groups is 1. The Morgan fingerprint density at radius 2 is 2.11 bits per heavy atom. The number of amides is 1. The Hall–Kier alpha value is -0.830.